The van der Waals surface area contributed by atoms with Gasteiger partial charge in [0.25, 0.3) is 10.0 Å². The molecule has 1 aromatic heterocycles. The van der Waals surface area contributed by atoms with Crippen molar-refractivity contribution in [2.45, 2.75) is 43.4 Å². The summed E-state index contributed by atoms with van der Waals surface area (Å²) in [5.41, 5.74) is 6.96. The number of sulfonamides is 1. The number of benzene rings is 2. The summed E-state index contributed by atoms with van der Waals surface area (Å²) in [5, 5.41) is 2.85. The van der Waals surface area contributed by atoms with Crippen LogP contribution in [-0.4, -0.2) is 24.4 Å². The number of fused-ring (bicyclic) bond motifs is 3. The fourth-order valence-electron chi connectivity index (χ4n) is 4.37. The fourth-order valence-corrected chi connectivity index (χ4v) is 5.29. The molecule has 3 N–H and O–H groups in total. The number of anilines is 1. The van der Waals surface area contributed by atoms with Gasteiger partial charge >= 0.3 is 6.03 Å². The second-order valence-corrected chi connectivity index (χ2v) is 9.06. The third-order valence-electron chi connectivity index (χ3n) is 5.64. The zero-order valence-corrected chi connectivity index (χ0v) is 16.0. The van der Waals surface area contributed by atoms with Gasteiger partial charge in [-0.25, -0.2) is 22.9 Å². The topological polar surface area (TPSA) is 104 Å². The lowest BCUT2D eigenvalue weighted by Gasteiger charge is -2.16. The van der Waals surface area contributed by atoms with Gasteiger partial charge in [-0.2, -0.15) is 0 Å². The summed E-state index contributed by atoms with van der Waals surface area (Å²) >= 11 is 0. The molecule has 28 heavy (non-hydrogen) atoms. The lowest BCUT2D eigenvalue weighted by atomic mass is 9.99. The van der Waals surface area contributed by atoms with Crippen LogP contribution < -0.4 is 10.0 Å². The molecule has 0 radical (unpaired) electrons. The van der Waals surface area contributed by atoms with Crippen LogP contribution >= 0.6 is 0 Å². The van der Waals surface area contributed by atoms with Crippen LogP contribution in [0.25, 0.3) is 11.0 Å². The molecule has 0 bridgehead atoms. The summed E-state index contributed by atoms with van der Waals surface area (Å²) in [6, 6.07) is 6.07. The van der Waals surface area contributed by atoms with Crippen molar-refractivity contribution in [1.29, 1.82) is 0 Å². The molecular weight excluding hydrogens is 376 g/mol. The molecule has 2 amide bonds. The van der Waals surface area contributed by atoms with Gasteiger partial charge < -0.3 is 10.3 Å². The fraction of sp³-hybridized carbons (Fsp3) is 0.300. The smallest absolute Gasteiger partial charge is 0.333 e. The Morgan fingerprint density at radius 3 is 2.43 bits per heavy atom. The Hall–Kier alpha value is -2.87. The molecule has 5 rings (SSSR count). The standard InChI is InChI=1S/C20H20N4O3S/c25-20(24-28(26,27)14-7-8-17-18(10-14)22-11-21-17)23-19-15-5-1-3-12(15)9-13-4-2-6-16(13)19/h7-11H,1-6H2,(H,21,22)(H2,23,24,25). The Kier molecular flexibility index (Phi) is 3.90. The zero-order chi connectivity index (χ0) is 19.3. The van der Waals surface area contributed by atoms with Gasteiger partial charge in [-0.15, -0.1) is 0 Å². The van der Waals surface area contributed by atoms with Crippen molar-refractivity contribution >= 4 is 32.8 Å². The first-order chi connectivity index (χ1) is 13.5. The van der Waals surface area contributed by atoms with E-state index in [1.54, 1.807) is 6.07 Å². The molecule has 0 saturated heterocycles. The minimum atomic E-state index is -3.99. The SMILES string of the molecule is O=C(Nc1c2c(cc3c1CCC3)CCC2)NS(=O)(=O)c1ccc2[nH]cnc2c1. The van der Waals surface area contributed by atoms with E-state index in [4.69, 9.17) is 0 Å². The second kappa shape index (κ2) is 6.34. The van der Waals surface area contributed by atoms with Crippen molar-refractivity contribution in [1.82, 2.24) is 14.7 Å². The number of urea groups is 1. The number of imidazole rings is 1. The maximum Gasteiger partial charge on any atom is 0.333 e. The maximum absolute atomic E-state index is 12.7. The first kappa shape index (κ1) is 17.2. The van der Waals surface area contributed by atoms with Gasteiger partial charge in [-0.05, 0) is 79.0 Å². The van der Waals surface area contributed by atoms with Crippen molar-refractivity contribution in [2.24, 2.45) is 0 Å². The third kappa shape index (κ3) is 2.84. The molecule has 0 fully saturated rings. The van der Waals surface area contributed by atoms with E-state index < -0.39 is 16.1 Å². The second-order valence-electron chi connectivity index (χ2n) is 7.38. The van der Waals surface area contributed by atoms with Gasteiger partial charge in [0.15, 0.2) is 0 Å². The number of aryl methyl sites for hydroxylation is 2. The Morgan fingerprint density at radius 1 is 1.00 bits per heavy atom. The van der Waals surface area contributed by atoms with Gasteiger partial charge in [0, 0.05) is 5.69 Å². The van der Waals surface area contributed by atoms with E-state index in [1.807, 2.05) is 0 Å². The molecule has 0 aliphatic heterocycles. The first-order valence-electron chi connectivity index (χ1n) is 9.45. The predicted octanol–water partition coefficient (Wildman–Crippen LogP) is 3.05. The number of hydrogen-bond donors (Lipinski definition) is 3. The van der Waals surface area contributed by atoms with Crippen LogP contribution in [0.1, 0.15) is 35.1 Å². The van der Waals surface area contributed by atoms with E-state index in [0.29, 0.717) is 5.52 Å². The minimum absolute atomic E-state index is 0.00534. The molecule has 0 spiro atoms. The lowest BCUT2D eigenvalue weighted by Crippen LogP contribution is -2.35. The van der Waals surface area contributed by atoms with E-state index in [-0.39, 0.29) is 4.90 Å². The highest BCUT2D eigenvalue weighted by molar-refractivity contribution is 7.90. The van der Waals surface area contributed by atoms with Crippen LogP contribution in [0.3, 0.4) is 0 Å². The highest BCUT2D eigenvalue weighted by Gasteiger charge is 2.26. The molecule has 8 heteroatoms. The number of aromatic amines is 1. The van der Waals surface area contributed by atoms with Crippen LogP contribution in [0, 0.1) is 0 Å². The summed E-state index contributed by atoms with van der Waals surface area (Å²) < 4.78 is 27.5. The molecule has 144 valence electrons. The minimum Gasteiger partial charge on any atom is -0.345 e. The van der Waals surface area contributed by atoms with Crippen molar-refractivity contribution in [2.75, 3.05) is 5.32 Å². The molecular formula is C20H20N4O3S. The van der Waals surface area contributed by atoms with Crippen LogP contribution in [0.4, 0.5) is 10.5 Å². The van der Waals surface area contributed by atoms with E-state index in [0.717, 1.165) is 60.9 Å². The largest absolute Gasteiger partial charge is 0.345 e. The predicted molar refractivity (Wildman–Crippen MR) is 106 cm³/mol. The van der Waals surface area contributed by atoms with Crippen LogP contribution in [-0.2, 0) is 35.7 Å². The van der Waals surface area contributed by atoms with Crippen molar-refractivity contribution in [3.63, 3.8) is 0 Å². The quantitative estimate of drug-likeness (QED) is 0.633. The highest BCUT2D eigenvalue weighted by Crippen LogP contribution is 2.38. The van der Waals surface area contributed by atoms with Crippen LogP contribution in [0.2, 0.25) is 0 Å². The number of nitrogens with one attached hydrogen (secondary N) is 3. The van der Waals surface area contributed by atoms with Gasteiger partial charge in [-0.1, -0.05) is 6.07 Å². The molecule has 0 atom stereocenters. The normalized spacial score (nSPS) is 15.4. The number of carbonyl (C=O) groups excluding carboxylic acids is 1. The first-order valence-corrected chi connectivity index (χ1v) is 10.9. The maximum atomic E-state index is 12.7. The van der Waals surface area contributed by atoms with Crippen LogP contribution in [0.5, 0.6) is 0 Å². The monoisotopic (exact) mass is 396 g/mol. The van der Waals surface area contributed by atoms with Crippen molar-refractivity contribution < 1.29 is 13.2 Å². The number of carbonyl (C=O) groups is 1. The van der Waals surface area contributed by atoms with Gasteiger partial charge in [0.2, 0.25) is 0 Å². The number of hydrogen-bond acceptors (Lipinski definition) is 4. The summed E-state index contributed by atoms with van der Waals surface area (Å²) in [5.74, 6) is 0. The number of aromatic nitrogens is 2. The average Bonchev–Trinajstić information content (AvgIpc) is 3.40. The lowest BCUT2D eigenvalue weighted by molar-refractivity contribution is 0.256. The summed E-state index contributed by atoms with van der Waals surface area (Å²) in [7, 11) is -3.99. The molecule has 2 aliphatic carbocycles. The van der Waals surface area contributed by atoms with E-state index in [1.165, 1.54) is 29.6 Å². The molecule has 3 aromatic rings. The Balaban J connectivity index is 1.42. The van der Waals surface area contributed by atoms with Gasteiger partial charge in [0.1, 0.15) is 0 Å². The molecule has 7 nitrogen and oxygen atoms in total. The molecule has 0 unspecified atom stereocenters. The van der Waals surface area contributed by atoms with Gasteiger partial charge in [-0.3, -0.25) is 0 Å². The van der Waals surface area contributed by atoms with E-state index in [2.05, 4.69) is 26.1 Å². The Morgan fingerprint density at radius 2 is 1.71 bits per heavy atom. The number of nitrogens with zero attached hydrogens (tertiary/aromatic N) is 1. The Bertz CT molecular complexity index is 1180. The summed E-state index contributed by atoms with van der Waals surface area (Å²) in [4.78, 5) is 19.6. The Labute approximate surface area is 162 Å². The van der Waals surface area contributed by atoms with Gasteiger partial charge in [0.05, 0.1) is 22.3 Å². The summed E-state index contributed by atoms with van der Waals surface area (Å²) in [6.07, 6.45) is 7.49. The van der Waals surface area contributed by atoms with E-state index >= 15 is 0 Å². The van der Waals surface area contributed by atoms with Crippen molar-refractivity contribution in [3.8, 4) is 0 Å². The zero-order valence-electron chi connectivity index (χ0n) is 15.2. The third-order valence-corrected chi connectivity index (χ3v) is 6.97. The highest BCUT2D eigenvalue weighted by atomic mass is 32.2. The molecule has 1 heterocycles. The number of rotatable bonds is 3. The van der Waals surface area contributed by atoms with Crippen molar-refractivity contribution in [3.05, 3.63) is 52.8 Å². The number of amides is 2. The molecule has 2 aromatic carbocycles. The molecule has 2 aliphatic rings. The van der Waals surface area contributed by atoms with E-state index in [9.17, 15) is 13.2 Å². The average molecular weight is 396 g/mol. The number of H-pyrrole nitrogens is 1. The summed E-state index contributed by atoms with van der Waals surface area (Å²) in [6.45, 7) is 0. The van der Waals surface area contributed by atoms with Crippen LogP contribution in [0.15, 0.2) is 35.5 Å². The molecule has 0 saturated carbocycles.